The van der Waals surface area contributed by atoms with Crippen LogP contribution in [-0.4, -0.2) is 61.5 Å². The van der Waals surface area contributed by atoms with Crippen LogP contribution in [-0.2, 0) is 14.3 Å². The van der Waals surface area contributed by atoms with E-state index < -0.39 is 36.0 Å². The molecule has 36 heavy (non-hydrogen) atoms. The van der Waals surface area contributed by atoms with Gasteiger partial charge in [0.05, 0.1) is 42.5 Å². The Labute approximate surface area is 211 Å². The van der Waals surface area contributed by atoms with E-state index in [1.54, 1.807) is 6.92 Å². The van der Waals surface area contributed by atoms with Gasteiger partial charge in [-0.2, -0.15) is 0 Å². The van der Waals surface area contributed by atoms with Crippen LogP contribution in [0.2, 0.25) is 0 Å². The second-order valence-corrected chi connectivity index (χ2v) is 9.05. The Morgan fingerprint density at radius 3 is 1.72 bits per heavy atom. The van der Waals surface area contributed by atoms with Gasteiger partial charge < -0.3 is 20.1 Å². The van der Waals surface area contributed by atoms with Crippen molar-refractivity contribution in [3.05, 3.63) is 48.0 Å². The molecular formula is C24H24F2N4O5S. The van der Waals surface area contributed by atoms with Crippen molar-refractivity contribution in [1.82, 2.24) is 10.6 Å². The first-order valence-corrected chi connectivity index (χ1v) is 11.6. The van der Waals surface area contributed by atoms with Crippen LogP contribution in [0, 0.1) is 11.6 Å². The SMILES string of the molecule is CC(=O)NC[C@@H]1CN(c2ccc(-c3ccc(N4C[C@H](CNC(C)=S)OC4=O)cc3F)c(F)c2)C(=O)O1. The number of nitrogens with zero attached hydrogens (tertiary/aromatic N) is 2. The minimum atomic E-state index is -0.737. The Kier molecular flexibility index (Phi) is 7.34. The lowest BCUT2D eigenvalue weighted by Gasteiger charge is -2.16. The van der Waals surface area contributed by atoms with Crippen LogP contribution in [0.5, 0.6) is 0 Å². The van der Waals surface area contributed by atoms with Gasteiger partial charge in [-0.05, 0) is 43.3 Å². The molecule has 0 bridgehead atoms. The first kappa shape index (κ1) is 25.3. The number of nitrogens with one attached hydrogen (secondary N) is 2. The minimum absolute atomic E-state index is 0.00236. The summed E-state index contributed by atoms with van der Waals surface area (Å²) in [7, 11) is 0. The van der Waals surface area contributed by atoms with Crippen molar-refractivity contribution >= 4 is 46.7 Å². The van der Waals surface area contributed by atoms with Crippen LogP contribution < -0.4 is 20.4 Å². The molecule has 2 aliphatic heterocycles. The number of thiocarbonyl (C=S) groups is 1. The maximum absolute atomic E-state index is 15.0. The van der Waals surface area contributed by atoms with Crippen LogP contribution in [0.25, 0.3) is 11.1 Å². The molecule has 2 aromatic rings. The summed E-state index contributed by atoms with van der Waals surface area (Å²) in [6, 6.07) is 8.03. The Morgan fingerprint density at radius 1 is 0.889 bits per heavy atom. The highest BCUT2D eigenvalue weighted by Crippen LogP contribution is 2.33. The second kappa shape index (κ2) is 10.4. The standard InChI is InChI=1S/C24H24F2N4O5S/c1-13(31)27-9-17-11-29(23(32)34-17)15-3-5-19(21(25)7-15)20-6-4-16(8-22(20)26)30-12-18(35-24(30)33)10-28-14(2)36/h3-8,17-18H,9-12H2,1-2H3,(H,27,31)(H,28,36)/t17-,18+/m1/s1. The van der Waals surface area contributed by atoms with E-state index in [9.17, 15) is 14.4 Å². The lowest BCUT2D eigenvalue weighted by atomic mass is 10.0. The summed E-state index contributed by atoms with van der Waals surface area (Å²) in [6.45, 7) is 3.89. The van der Waals surface area contributed by atoms with Crippen molar-refractivity contribution in [1.29, 1.82) is 0 Å². The van der Waals surface area contributed by atoms with Crippen molar-refractivity contribution in [2.45, 2.75) is 26.1 Å². The largest absolute Gasteiger partial charge is 0.442 e. The second-order valence-electron chi connectivity index (χ2n) is 8.44. The molecule has 2 atom stereocenters. The lowest BCUT2D eigenvalue weighted by Crippen LogP contribution is -2.33. The molecule has 2 fully saturated rings. The Hall–Kier alpha value is -3.80. The van der Waals surface area contributed by atoms with Gasteiger partial charge in [0.1, 0.15) is 23.8 Å². The number of hydrogen-bond donors (Lipinski definition) is 2. The molecule has 3 amide bonds. The summed E-state index contributed by atoms with van der Waals surface area (Å²) in [5.41, 5.74) is 0.518. The first-order chi connectivity index (χ1) is 17.1. The molecule has 2 N–H and O–H groups in total. The number of ether oxygens (including phenoxy) is 2. The summed E-state index contributed by atoms with van der Waals surface area (Å²) in [5.74, 6) is -1.72. The number of benzene rings is 2. The van der Waals surface area contributed by atoms with Crippen LogP contribution in [0.4, 0.5) is 29.7 Å². The zero-order valence-electron chi connectivity index (χ0n) is 19.5. The number of amides is 3. The van der Waals surface area contributed by atoms with Gasteiger partial charge in [0.2, 0.25) is 5.91 Å². The van der Waals surface area contributed by atoms with E-state index in [-0.39, 0.29) is 48.0 Å². The third-order valence-corrected chi connectivity index (χ3v) is 5.87. The number of cyclic esters (lactones) is 2. The number of halogens is 2. The lowest BCUT2D eigenvalue weighted by molar-refractivity contribution is -0.119. The zero-order chi connectivity index (χ0) is 26.0. The molecule has 2 saturated heterocycles. The third-order valence-electron chi connectivity index (χ3n) is 5.72. The van der Waals surface area contributed by atoms with Gasteiger partial charge in [-0.3, -0.25) is 14.6 Å². The molecule has 190 valence electrons. The quantitative estimate of drug-likeness (QED) is 0.543. The van der Waals surface area contributed by atoms with Gasteiger partial charge in [-0.1, -0.05) is 12.2 Å². The molecule has 0 radical (unpaired) electrons. The van der Waals surface area contributed by atoms with Crippen molar-refractivity contribution in [3.63, 3.8) is 0 Å². The number of carbonyl (C=O) groups excluding carboxylic acids is 3. The van der Waals surface area contributed by atoms with Gasteiger partial charge in [-0.25, -0.2) is 18.4 Å². The molecule has 0 aromatic heterocycles. The monoisotopic (exact) mass is 518 g/mol. The fourth-order valence-corrected chi connectivity index (χ4v) is 4.06. The topological polar surface area (TPSA) is 100 Å². The fraction of sp³-hybridized carbons (Fsp3) is 0.333. The molecule has 0 unspecified atom stereocenters. The normalized spacial score (nSPS) is 19.2. The zero-order valence-corrected chi connectivity index (χ0v) is 20.4. The highest BCUT2D eigenvalue weighted by molar-refractivity contribution is 7.80. The molecule has 4 rings (SSSR count). The predicted molar refractivity (Wildman–Crippen MR) is 132 cm³/mol. The number of anilines is 2. The Balaban J connectivity index is 1.48. The van der Waals surface area contributed by atoms with Crippen LogP contribution >= 0.6 is 12.2 Å². The maximum atomic E-state index is 15.0. The van der Waals surface area contributed by atoms with E-state index in [2.05, 4.69) is 10.6 Å². The summed E-state index contributed by atoms with van der Waals surface area (Å²) in [6.07, 6.45) is -2.29. The number of rotatable bonds is 7. The van der Waals surface area contributed by atoms with Gasteiger partial charge in [-0.15, -0.1) is 0 Å². The van der Waals surface area contributed by atoms with Crippen molar-refractivity contribution in [2.24, 2.45) is 0 Å². The van der Waals surface area contributed by atoms with Gasteiger partial charge in [0, 0.05) is 18.1 Å². The Morgan fingerprint density at radius 2 is 1.33 bits per heavy atom. The third kappa shape index (κ3) is 5.54. The van der Waals surface area contributed by atoms with Crippen LogP contribution in [0.15, 0.2) is 36.4 Å². The molecule has 0 saturated carbocycles. The Bertz CT molecular complexity index is 1130. The van der Waals surface area contributed by atoms with Gasteiger partial charge in [0.15, 0.2) is 0 Å². The van der Waals surface area contributed by atoms with E-state index in [4.69, 9.17) is 21.7 Å². The number of hydrogen-bond acceptors (Lipinski definition) is 6. The smallest absolute Gasteiger partial charge is 0.414 e. The molecule has 12 heteroatoms. The predicted octanol–water partition coefficient (Wildman–Crippen LogP) is 3.36. The van der Waals surface area contributed by atoms with E-state index in [0.717, 1.165) is 12.1 Å². The van der Waals surface area contributed by atoms with Crippen molar-refractivity contribution in [2.75, 3.05) is 36.0 Å². The minimum Gasteiger partial charge on any atom is -0.442 e. The highest BCUT2D eigenvalue weighted by atomic mass is 32.1. The van der Waals surface area contributed by atoms with Crippen LogP contribution in [0.1, 0.15) is 13.8 Å². The van der Waals surface area contributed by atoms with Crippen molar-refractivity contribution in [3.8, 4) is 11.1 Å². The first-order valence-electron chi connectivity index (χ1n) is 11.2. The van der Waals surface area contributed by atoms with Gasteiger partial charge >= 0.3 is 12.2 Å². The molecule has 2 aliphatic rings. The molecular weight excluding hydrogens is 494 g/mol. The van der Waals surface area contributed by atoms with Crippen LogP contribution in [0.3, 0.4) is 0 Å². The summed E-state index contributed by atoms with van der Waals surface area (Å²) < 4.78 is 40.5. The summed E-state index contributed by atoms with van der Waals surface area (Å²) in [4.78, 5) is 38.6. The number of carbonyl (C=O) groups is 3. The molecule has 0 spiro atoms. The molecule has 9 nitrogen and oxygen atoms in total. The highest BCUT2D eigenvalue weighted by Gasteiger charge is 2.34. The summed E-state index contributed by atoms with van der Waals surface area (Å²) in [5, 5.41) is 5.50. The van der Waals surface area contributed by atoms with E-state index in [1.165, 1.54) is 41.0 Å². The maximum Gasteiger partial charge on any atom is 0.414 e. The van der Waals surface area contributed by atoms with E-state index in [0.29, 0.717) is 11.5 Å². The summed E-state index contributed by atoms with van der Waals surface area (Å²) >= 11 is 4.96. The fourth-order valence-electron chi connectivity index (χ4n) is 3.97. The average Bonchev–Trinajstić information content (AvgIpc) is 3.38. The van der Waals surface area contributed by atoms with Gasteiger partial charge in [0.25, 0.3) is 0 Å². The van der Waals surface area contributed by atoms with E-state index in [1.807, 2.05) is 0 Å². The average molecular weight is 519 g/mol. The van der Waals surface area contributed by atoms with E-state index >= 15 is 8.78 Å². The molecule has 2 heterocycles. The molecule has 0 aliphatic carbocycles. The van der Waals surface area contributed by atoms with Crippen molar-refractivity contribution < 1.29 is 32.6 Å². The molecule has 2 aromatic carbocycles.